The second kappa shape index (κ2) is 2.87. The van der Waals surface area contributed by atoms with Gasteiger partial charge in [0, 0.05) is 5.92 Å². The minimum Gasteiger partial charge on any atom is -0.464 e. The lowest BCUT2D eigenvalue weighted by atomic mass is 10.1. The zero-order chi connectivity index (χ0) is 9.42. The van der Waals surface area contributed by atoms with Crippen molar-refractivity contribution in [1.29, 1.82) is 0 Å². The molecular weight excluding hydrogens is 164 g/mol. The average molecular weight is 176 g/mol. The normalized spacial score (nSPS) is 22.9. The van der Waals surface area contributed by atoms with Gasteiger partial charge >= 0.3 is 0 Å². The number of Topliss-reactive ketones (excluding diaryl/α,β-unsaturated/α-hetero) is 1. The molecule has 0 aliphatic heterocycles. The van der Waals surface area contributed by atoms with Gasteiger partial charge in [-0.05, 0) is 25.5 Å². The molecule has 0 fully saturated rings. The van der Waals surface area contributed by atoms with Crippen molar-refractivity contribution in [2.45, 2.75) is 20.3 Å². The quantitative estimate of drug-likeness (QED) is 0.658. The van der Waals surface area contributed by atoms with Crippen LogP contribution in [0.2, 0.25) is 0 Å². The molecule has 2 rings (SSSR count). The molecule has 1 atom stereocenters. The maximum Gasteiger partial charge on any atom is 0.169 e. The molecule has 2 heteroatoms. The van der Waals surface area contributed by atoms with Gasteiger partial charge in [0.2, 0.25) is 0 Å². The lowest BCUT2D eigenvalue weighted by Gasteiger charge is -1.98. The standard InChI is InChI=1S/C11H12O2/c1-7-6-8(2)11(12)10(7)9-4-3-5-13-9/h3-5,8H,6H2,1-2H3. The summed E-state index contributed by atoms with van der Waals surface area (Å²) < 4.78 is 5.23. The highest BCUT2D eigenvalue weighted by Crippen LogP contribution is 2.34. The number of carbonyl (C=O) groups is 1. The van der Waals surface area contributed by atoms with Crippen molar-refractivity contribution in [3.63, 3.8) is 0 Å². The van der Waals surface area contributed by atoms with Gasteiger partial charge < -0.3 is 4.42 Å². The summed E-state index contributed by atoms with van der Waals surface area (Å²) in [4.78, 5) is 11.7. The van der Waals surface area contributed by atoms with Crippen LogP contribution in [0.1, 0.15) is 26.0 Å². The van der Waals surface area contributed by atoms with E-state index in [1.54, 1.807) is 6.26 Å². The number of carbonyl (C=O) groups excluding carboxylic acids is 1. The Hall–Kier alpha value is -1.31. The number of ketones is 1. The molecule has 0 spiro atoms. The Kier molecular flexibility index (Phi) is 1.83. The molecule has 1 heterocycles. The molecule has 1 aliphatic rings. The first-order valence-corrected chi connectivity index (χ1v) is 4.48. The van der Waals surface area contributed by atoms with Crippen LogP contribution in [0.25, 0.3) is 5.57 Å². The summed E-state index contributed by atoms with van der Waals surface area (Å²) in [5.74, 6) is 1.06. The predicted molar refractivity (Wildman–Crippen MR) is 50.1 cm³/mol. The van der Waals surface area contributed by atoms with Crippen molar-refractivity contribution in [2.24, 2.45) is 5.92 Å². The Bertz CT molecular complexity index is 357. The molecule has 2 nitrogen and oxygen atoms in total. The van der Waals surface area contributed by atoms with Gasteiger partial charge in [0.25, 0.3) is 0 Å². The first-order valence-electron chi connectivity index (χ1n) is 4.48. The van der Waals surface area contributed by atoms with Crippen LogP contribution in [-0.2, 0) is 4.79 Å². The molecule has 0 saturated heterocycles. The summed E-state index contributed by atoms with van der Waals surface area (Å²) in [6, 6.07) is 3.65. The van der Waals surface area contributed by atoms with E-state index in [0.29, 0.717) is 5.76 Å². The van der Waals surface area contributed by atoms with Crippen LogP contribution in [0.15, 0.2) is 28.4 Å². The van der Waals surface area contributed by atoms with Gasteiger partial charge in [0.05, 0.1) is 11.8 Å². The van der Waals surface area contributed by atoms with Crippen molar-refractivity contribution in [1.82, 2.24) is 0 Å². The fraction of sp³-hybridized carbons (Fsp3) is 0.364. The maximum atomic E-state index is 11.7. The lowest BCUT2D eigenvalue weighted by Crippen LogP contribution is -2.04. The predicted octanol–water partition coefficient (Wildman–Crippen LogP) is 2.66. The molecule has 1 aromatic rings. The highest BCUT2D eigenvalue weighted by atomic mass is 16.3. The van der Waals surface area contributed by atoms with Crippen LogP contribution >= 0.6 is 0 Å². The first kappa shape index (κ1) is 8.30. The topological polar surface area (TPSA) is 30.2 Å². The van der Waals surface area contributed by atoms with Crippen LogP contribution in [0.5, 0.6) is 0 Å². The van der Waals surface area contributed by atoms with E-state index in [4.69, 9.17) is 4.42 Å². The number of hydrogen-bond donors (Lipinski definition) is 0. The van der Waals surface area contributed by atoms with Crippen LogP contribution in [0.3, 0.4) is 0 Å². The molecule has 0 bridgehead atoms. The first-order chi connectivity index (χ1) is 6.20. The minimum atomic E-state index is 0.125. The number of rotatable bonds is 1. The van der Waals surface area contributed by atoms with E-state index in [2.05, 4.69) is 0 Å². The molecular formula is C11H12O2. The van der Waals surface area contributed by atoms with Gasteiger partial charge in [-0.15, -0.1) is 0 Å². The van der Waals surface area contributed by atoms with Crippen LogP contribution in [0.4, 0.5) is 0 Å². The third-order valence-electron chi connectivity index (χ3n) is 2.50. The van der Waals surface area contributed by atoms with Crippen LogP contribution < -0.4 is 0 Å². The van der Waals surface area contributed by atoms with Gasteiger partial charge in [0.15, 0.2) is 5.78 Å². The molecule has 13 heavy (non-hydrogen) atoms. The Morgan fingerprint density at radius 1 is 1.54 bits per heavy atom. The van der Waals surface area contributed by atoms with Gasteiger partial charge in [-0.25, -0.2) is 0 Å². The smallest absolute Gasteiger partial charge is 0.169 e. The highest BCUT2D eigenvalue weighted by Gasteiger charge is 2.29. The Morgan fingerprint density at radius 2 is 2.31 bits per heavy atom. The van der Waals surface area contributed by atoms with E-state index >= 15 is 0 Å². The zero-order valence-electron chi connectivity index (χ0n) is 7.83. The Labute approximate surface area is 77.2 Å². The summed E-state index contributed by atoms with van der Waals surface area (Å²) in [6.07, 6.45) is 2.47. The summed E-state index contributed by atoms with van der Waals surface area (Å²) in [6.45, 7) is 3.96. The molecule has 1 aliphatic carbocycles. The van der Waals surface area contributed by atoms with Crippen molar-refractivity contribution >= 4 is 11.4 Å². The van der Waals surface area contributed by atoms with E-state index in [9.17, 15) is 4.79 Å². The van der Waals surface area contributed by atoms with E-state index < -0.39 is 0 Å². The minimum absolute atomic E-state index is 0.125. The summed E-state index contributed by atoms with van der Waals surface area (Å²) in [7, 11) is 0. The van der Waals surface area contributed by atoms with E-state index in [0.717, 1.165) is 17.6 Å². The summed E-state index contributed by atoms with van der Waals surface area (Å²) >= 11 is 0. The molecule has 0 saturated carbocycles. The fourth-order valence-electron chi connectivity index (χ4n) is 1.86. The van der Waals surface area contributed by atoms with Gasteiger partial charge in [-0.3, -0.25) is 4.79 Å². The largest absolute Gasteiger partial charge is 0.464 e. The fourth-order valence-corrected chi connectivity index (χ4v) is 1.86. The van der Waals surface area contributed by atoms with Crippen molar-refractivity contribution in [3.8, 4) is 0 Å². The van der Waals surface area contributed by atoms with Gasteiger partial charge in [-0.2, -0.15) is 0 Å². The van der Waals surface area contributed by atoms with Crippen molar-refractivity contribution < 1.29 is 9.21 Å². The van der Waals surface area contributed by atoms with Gasteiger partial charge in [-0.1, -0.05) is 12.5 Å². The van der Waals surface area contributed by atoms with Crippen molar-refractivity contribution in [2.75, 3.05) is 0 Å². The molecule has 68 valence electrons. The van der Waals surface area contributed by atoms with E-state index in [-0.39, 0.29) is 11.7 Å². The van der Waals surface area contributed by atoms with Gasteiger partial charge in [0.1, 0.15) is 5.76 Å². The molecule has 0 amide bonds. The Balaban J connectivity index is 2.44. The third kappa shape index (κ3) is 1.22. The molecule has 0 N–H and O–H groups in total. The second-order valence-corrected chi connectivity index (χ2v) is 3.60. The second-order valence-electron chi connectivity index (χ2n) is 3.60. The van der Waals surface area contributed by atoms with E-state index in [1.807, 2.05) is 26.0 Å². The monoisotopic (exact) mass is 176 g/mol. The van der Waals surface area contributed by atoms with Crippen LogP contribution in [0, 0.1) is 5.92 Å². The molecule has 1 unspecified atom stereocenters. The Morgan fingerprint density at radius 3 is 2.77 bits per heavy atom. The zero-order valence-corrected chi connectivity index (χ0v) is 7.83. The maximum absolute atomic E-state index is 11.7. The number of allylic oxidation sites excluding steroid dienone is 2. The summed E-state index contributed by atoms with van der Waals surface area (Å²) in [5.41, 5.74) is 1.94. The number of furan rings is 1. The number of hydrogen-bond acceptors (Lipinski definition) is 2. The average Bonchev–Trinajstić information content (AvgIpc) is 2.63. The SMILES string of the molecule is CC1=C(c2ccco2)C(=O)C(C)C1. The van der Waals surface area contributed by atoms with Crippen LogP contribution in [-0.4, -0.2) is 5.78 Å². The summed E-state index contributed by atoms with van der Waals surface area (Å²) in [5, 5.41) is 0. The molecule has 1 aromatic heterocycles. The third-order valence-corrected chi connectivity index (χ3v) is 2.50. The molecule has 0 radical (unpaired) electrons. The van der Waals surface area contributed by atoms with Crippen molar-refractivity contribution in [3.05, 3.63) is 29.7 Å². The lowest BCUT2D eigenvalue weighted by molar-refractivity contribution is -0.116. The van der Waals surface area contributed by atoms with E-state index in [1.165, 1.54) is 0 Å². The highest BCUT2D eigenvalue weighted by molar-refractivity contribution is 6.23. The molecule has 0 aromatic carbocycles.